The topological polar surface area (TPSA) is 62.1 Å². The maximum absolute atomic E-state index is 12.2. The van der Waals surface area contributed by atoms with E-state index in [1.165, 1.54) is 13.2 Å². The zero-order valence-corrected chi connectivity index (χ0v) is 14.5. The summed E-state index contributed by atoms with van der Waals surface area (Å²) in [5.74, 6) is -0.00147. The number of hydrogen-bond acceptors (Lipinski definition) is 3. The lowest BCUT2D eigenvalue weighted by atomic mass is 10.1. The quantitative estimate of drug-likeness (QED) is 0.609. The van der Waals surface area contributed by atoms with Crippen molar-refractivity contribution in [2.45, 2.75) is 0 Å². The van der Waals surface area contributed by atoms with Crippen LogP contribution in [0.4, 0.5) is 5.69 Å². The average molecular weight is 392 g/mol. The van der Waals surface area contributed by atoms with Gasteiger partial charge in [0.15, 0.2) is 0 Å². The number of hydrogen-bond donors (Lipinski definition) is 1. The molecule has 6 heteroatoms. The highest BCUT2D eigenvalue weighted by molar-refractivity contribution is 9.10. The highest BCUT2D eigenvalue weighted by Crippen LogP contribution is 2.27. The van der Waals surface area contributed by atoms with Crippen LogP contribution in [0.3, 0.4) is 0 Å². The van der Waals surface area contributed by atoms with Crippen LogP contribution in [0.5, 0.6) is 5.75 Å². The SMILES string of the molecule is COc1ccc(NC(=O)/C(C#N)=C/c2ccccc2Br)cc1Cl. The van der Waals surface area contributed by atoms with Crippen molar-refractivity contribution >= 4 is 45.2 Å². The monoisotopic (exact) mass is 390 g/mol. The first-order valence-corrected chi connectivity index (χ1v) is 7.73. The van der Waals surface area contributed by atoms with Crippen molar-refractivity contribution in [1.29, 1.82) is 5.26 Å². The Bertz CT molecular complexity index is 812. The smallest absolute Gasteiger partial charge is 0.266 e. The fraction of sp³-hybridized carbons (Fsp3) is 0.0588. The lowest BCUT2D eigenvalue weighted by Gasteiger charge is -2.07. The van der Waals surface area contributed by atoms with Gasteiger partial charge in [0.25, 0.3) is 5.91 Å². The molecule has 0 aliphatic heterocycles. The Labute approximate surface area is 147 Å². The van der Waals surface area contributed by atoms with Gasteiger partial charge in [-0.2, -0.15) is 5.26 Å². The standard InChI is InChI=1S/C17H12BrClN2O2/c1-23-16-7-6-13(9-15(16)19)21-17(22)12(10-20)8-11-4-2-3-5-14(11)18/h2-9H,1H3,(H,21,22)/b12-8+. The van der Waals surface area contributed by atoms with Crippen LogP contribution in [0.1, 0.15) is 5.56 Å². The van der Waals surface area contributed by atoms with Crippen LogP contribution in [-0.2, 0) is 4.79 Å². The molecular weight excluding hydrogens is 380 g/mol. The molecule has 0 aliphatic carbocycles. The van der Waals surface area contributed by atoms with E-state index in [-0.39, 0.29) is 5.57 Å². The van der Waals surface area contributed by atoms with E-state index in [4.69, 9.17) is 16.3 Å². The molecule has 0 saturated heterocycles. The summed E-state index contributed by atoms with van der Waals surface area (Å²) in [6.07, 6.45) is 1.52. The van der Waals surface area contributed by atoms with Crippen molar-refractivity contribution < 1.29 is 9.53 Å². The highest BCUT2D eigenvalue weighted by atomic mass is 79.9. The van der Waals surface area contributed by atoms with Gasteiger partial charge in [0.05, 0.1) is 12.1 Å². The molecule has 0 aliphatic rings. The molecule has 0 radical (unpaired) electrons. The van der Waals surface area contributed by atoms with Gasteiger partial charge < -0.3 is 10.1 Å². The second-order valence-corrected chi connectivity index (χ2v) is 5.76. The van der Waals surface area contributed by atoms with Gasteiger partial charge in [0.1, 0.15) is 17.4 Å². The van der Waals surface area contributed by atoms with Gasteiger partial charge in [-0.3, -0.25) is 4.79 Å². The first kappa shape index (κ1) is 17.1. The summed E-state index contributed by atoms with van der Waals surface area (Å²) in [4.78, 5) is 12.2. The van der Waals surface area contributed by atoms with Gasteiger partial charge in [0, 0.05) is 10.2 Å². The molecule has 0 unspecified atom stereocenters. The molecule has 1 N–H and O–H groups in total. The van der Waals surface area contributed by atoms with Crippen molar-refractivity contribution in [2.24, 2.45) is 0 Å². The number of amides is 1. The van der Waals surface area contributed by atoms with Gasteiger partial charge in [0.2, 0.25) is 0 Å². The van der Waals surface area contributed by atoms with Crippen LogP contribution in [0.25, 0.3) is 6.08 Å². The number of anilines is 1. The lowest BCUT2D eigenvalue weighted by molar-refractivity contribution is -0.112. The van der Waals surface area contributed by atoms with Crippen molar-refractivity contribution in [3.05, 3.63) is 63.1 Å². The number of rotatable bonds is 4. The number of halogens is 2. The third-order valence-electron chi connectivity index (χ3n) is 2.98. The number of methoxy groups -OCH3 is 1. The number of benzene rings is 2. The summed E-state index contributed by atoms with van der Waals surface area (Å²) < 4.78 is 5.85. The molecule has 4 nitrogen and oxygen atoms in total. The zero-order chi connectivity index (χ0) is 16.8. The molecule has 116 valence electrons. The molecule has 2 aromatic carbocycles. The molecule has 0 aromatic heterocycles. The Morgan fingerprint density at radius 1 is 1.35 bits per heavy atom. The van der Waals surface area contributed by atoms with E-state index in [2.05, 4.69) is 21.2 Å². The maximum Gasteiger partial charge on any atom is 0.266 e. The zero-order valence-electron chi connectivity index (χ0n) is 12.1. The number of nitrogens with zero attached hydrogens (tertiary/aromatic N) is 1. The van der Waals surface area contributed by atoms with E-state index in [0.717, 1.165) is 10.0 Å². The Kier molecular flexibility index (Phi) is 5.80. The summed E-state index contributed by atoms with van der Waals surface area (Å²) in [6.45, 7) is 0. The first-order chi connectivity index (χ1) is 11.0. The van der Waals surface area contributed by atoms with Crippen LogP contribution in [0.15, 0.2) is 52.5 Å². The van der Waals surface area contributed by atoms with Crippen molar-refractivity contribution in [1.82, 2.24) is 0 Å². The average Bonchev–Trinajstić information content (AvgIpc) is 2.54. The van der Waals surface area contributed by atoms with E-state index < -0.39 is 5.91 Å². The second kappa shape index (κ2) is 7.82. The lowest BCUT2D eigenvalue weighted by Crippen LogP contribution is -2.13. The van der Waals surface area contributed by atoms with E-state index in [0.29, 0.717) is 16.5 Å². The molecule has 0 bridgehead atoms. The minimum absolute atomic E-state index is 0.0103. The van der Waals surface area contributed by atoms with Gasteiger partial charge in [-0.1, -0.05) is 45.7 Å². The molecule has 0 heterocycles. The van der Waals surface area contributed by atoms with Crippen LogP contribution in [-0.4, -0.2) is 13.0 Å². The van der Waals surface area contributed by atoms with E-state index in [9.17, 15) is 10.1 Å². The number of ether oxygens (including phenoxy) is 1. The molecule has 1 amide bonds. The van der Waals surface area contributed by atoms with Crippen molar-refractivity contribution in [3.63, 3.8) is 0 Å². The van der Waals surface area contributed by atoms with Crippen molar-refractivity contribution in [2.75, 3.05) is 12.4 Å². The highest BCUT2D eigenvalue weighted by Gasteiger charge is 2.11. The Hall–Kier alpha value is -2.29. The fourth-order valence-corrected chi connectivity index (χ4v) is 2.50. The number of nitrogens with one attached hydrogen (secondary N) is 1. The molecule has 0 spiro atoms. The first-order valence-electron chi connectivity index (χ1n) is 6.56. The van der Waals surface area contributed by atoms with Crippen LogP contribution >= 0.6 is 27.5 Å². The van der Waals surface area contributed by atoms with E-state index in [1.807, 2.05) is 24.3 Å². The Balaban J connectivity index is 2.23. The minimum atomic E-state index is -0.510. The number of carbonyl (C=O) groups is 1. The maximum atomic E-state index is 12.2. The molecule has 23 heavy (non-hydrogen) atoms. The largest absolute Gasteiger partial charge is 0.495 e. The molecule has 0 saturated carbocycles. The molecule has 2 rings (SSSR count). The van der Waals surface area contributed by atoms with E-state index in [1.54, 1.807) is 24.3 Å². The summed E-state index contributed by atoms with van der Waals surface area (Å²) >= 11 is 9.39. The van der Waals surface area contributed by atoms with Gasteiger partial charge >= 0.3 is 0 Å². The normalized spacial score (nSPS) is 10.8. The fourth-order valence-electron chi connectivity index (χ4n) is 1.84. The van der Waals surface area contributed by atoms with Gasteiger partial charge in [-0.05, 0) is 35.9 Å². The van der Waals surface area contributed by atoms with Gasteiger partial charge in [-0.15, -0.1) is 0 Å². The summed E-state index contributed by atoms with van der Waals surface area (Å²) in [5, 5.41) is 12.2. The molecular formula is C17H12BrClN2O2. The van der Waals surface area contributed by atoms with Crippen LogP contribution in [0, 0.1) is 11.3 Å². The summed E-state index contributed by atoms with van der Waals surface area (Å²) in [7, 11) is 1.51. The number of carbonyl (C=O) groups excluding carboxylic acids is 1. The van der Waals surface area contributed by atoms with Crippen LogP contribution in [0.2, 0.25) is 5.02 Å². The minimum Gasteiger partial charge on any atom is -0.495 e. The molecule has 0 atom stereocenters. The predicted molar refractivity (Wildman–Crippen MR) is 94.4 cm³/mol. The second-order valence-electron chi connectivity index (χ2n) is 4.49. The van der Waals surface area contributed by atoms with Crippen molar-refractivity contribution in [3.8, 4) is 11.8 Å². The summed E-state index contributed by atoms with van der Waals surface area (Å²) in [5.41, 5.74) is 1.21. The summed E-state index contributed by atoms with van der Waals surface area (Å²) in [6, 6.07) is 14.1. The van der Waals surface area contributed by atoms with E-state index >= 15 is 0 Å². The Morgan fingerprint density at radius 2 is 2.09 bits per heavy atom. The number of nitriles is 1. The van der Waals surface area contributed by atoms with Crippen LogP contribution < -0.4 is 10.1 Å². The molecule has 0 fully saturated rings. The Morgan fingerprint density at radius 3 is 2.70 bits per heavy atom. The predicted octanol–water partition coefficient (Wildman–Crippen LogP) is 4.66. The third-order valence-corrected chi connectivity index (χ3v) is 4.00. The van der Waals surface area contributed by atoms with Gasteiger partial charge in [-0.25, -0.2) is 0 Å². The third kappa shape index (κ3) is 4.35. The molecule has 2 aromatic rings.